The lowest BCUT2D eigenvalue weighted by molar-refractivity contribution is 0.285. The first-order chi connectivity index (χ1) is 6.43. The lowest BCUT2D eigenvalue weighted by Crippen LogP contribution is -1.81. The van der Waals surface area contributed by atoms with E-state index in [0.717, 1.165) is 25.0 Å². The SMILES string of the molecule is OCCCCC#Cc1cc[c]cn1. The predicted molar refractivity (Wildman–Crippen MR) is 50.9 cm³/mol. The molecule has 67 valence electrons. The molecule has 0 atom stereocenters. The topological polar surface area (TPSA) is 33.1 Å². The fourth-order valence-corrected chi connectivity index (χ4v) is 0.872. The molecule has 2 nitrogen and oxygen atoms in total. The van der Waals surface area contributed by atoms with Gasteiger partial charge in [-0.25, -0.2) is 4.98 Å². The van der Waals surface area contributed by atoms with Gasteiger partial charge in [-0.1, -0.05) is 5.92 Å². The summed E-state index contributed by atoms with van der Waals surface area (Å²) in [4.78, 5) is 4.02. The molecule has 0 aliphatic rings. The molecule has 0 aliphatic heterocycles. The highest BCUT2D eigenvalue weighted by atomic mass is 16.2. The summed E-state index contributed by atoms with van der Waals surface area (Å²) in [5.41, 5.74) is 0.780. The highest BCUT2D eigenvalue weighted by Gasteiger charge is 1.84. The number of nitrogens with zero attached hydrogens (tertiary/aromatic N) is 1. The molecule has 1 rings (SSSR count). The van der Waals surface area contributed by atoms with Crippen molar-refractivity contribution in [2.24, 2.45) is 0 Å². The van der Waals surface area contributed by atoms with Crippen LogP contribution in [0.1, 0.15) is 25.0 Å². The number of aromatic nitrogens is 1. The monoisotopic (exact) mass is 174 g/mol. The molecule has 13 heavy (non-hydrogen) atoms. The molecule has 0 aliphatic carbocycles. The quantitative estimate of drug-likeness (QED) is 0.555. The molecule has 1 N–H and O–H groups in total. The molecular formula is C11H12NO. The van der Waals surface area contributed by atoms with E-state index in [1.165, 1.54) is 0 Å². The zero-order valence-electron chi connectivity index (χ0n) is 7.45. The van der Waals surface area contributed by atoms with Gasteiger partial charge >= 0.3 is 0 Å². The number of rotatable bonds is 3. The summed E-state index contributed by atoms with van der Waals surface area (Å²) in [6, 6.07) is 6.46. The average molecular weight is 174 g/mol. The van der Waals surface area contributed by atoms with Gasteiger partial charge in [-0.05, 0) is 30.9 Å². The zero-order chi connectivity index (χ0) is 9.36. The number of pyridine rings is 1. The van der Waals surface area contributed by atoms with Gasteiger partial charge in [0.15, 0.2) is 0 Å². The maximum Gasteiger partial charge on any atom is 0.113 e. The lowest BCUT2D eigenvalue weighted by atomic mass is 10.2. The van der Waals surface area contributed by atoms with Crippen molar-refractivity contribution in [3.63, 3.8) is 0 Å². The Hall–Kier alpha value is -1.33. The Balaban J connectivity index is 2.31. The molecule has 0 fully saturated rings. The molecule has 1 aromatic rings. The molecule has 0 amide bonds. The molecule has 1 radical (unpaired) electrons. The number of aliphatic hydroxyl groups excluding tert-OH is 1. The molecule has 0 saturated heterocycles. The summed E-state index contributed by atoms with van der Waals surface area (Å²) >= 11 is 0. The minimum absolute atomic E-state index is 0.250. The fraction of sp³-hybridized carbons (Fsp3) is 0.364. The van der Waals surface area contributed by atoms with E-state index in [0.29, 0.717) is 0 Å². The molecule has 1 aromatic heterocycles. The minimum Gasteiger partial charge on any atom is -0.396 e. The number of aliphatic hydroxyl groups is 1. The number of hydrogen-bond acceptors (Lipinski definition) is 2. The van der Waals surface area contributed by atoms with Gasteiger partial charge in [-0.2, -0.15) is 0 Å². The van der Waals surface area contributed by atoms with Gasteiger partial charge in [0, 0.05) is 25.3 Å². The Morgan fingerprint density at radius 2 is 2.38 bits per heavy atom. The van der Waals surface area contributed by atoms with Crippen LogP contribution in [0.2, 0.25) is 0 Å². The lowest BCUT2D eigenvalue weighted by Gasteiger charge is -1.88. The number of unbranched alkanes of at least 4 members (excludes halogenated alkanes) is 2. The third kappa shape index (κ3) is 4.29. The van der Waals surface area contributed by atoms with Crippen LogP contribution in [0, 0.1) is 17.9 Å². The summed E-state index contributed by atoms with van der Waals surface area (Å²) < 4.78 is 0. The van der Waals surface area contributed by atoms with Crippen molar-refractivity contribution in [2.45, 2.75) is 19.3 Å². The Morgan fingerprint density at radius 3 is 3.08 bits per heavy atom. The molecule has 0 unspecified atom stereocenters. The molecule has 0 aromatic carbocycles. The van der Waals surface area contributed by atoms with Crippen LogP contribution in [0.3, 0.4) is 0 Å². The maximum atomic E-state index is 8.52. The Bertz CT molecular complexity index is 284. The van der Waals surface area contributed by atoms with E-state index < -0.39 is 0 Å². The van der Waals surface area contributed by atoms with Crippen LogP contribution in [0.15, 0.2) is 18.3 Å². The standard InChI is InChI=1S/C11H12NO/c13-10-6-2-1-3-7-11-8-4-5-9-12-11/h4,8-9,13H,1-2,6,10H2. The second kappa shape index (κ2) is 6.22. The van der Waals surface area contributed by atoms with Crippen LogP contribution < -0.4 is 0 Å². The summed E-state index contributed by atoms with van der Waals surface area (Å²) in [7, 11) is 0. The Labute approximate surface area is 78.6 Å². The van der Waals surface area contributed by atoms with E-state index in [9.17, 15) is 0 Å². The molecule has 2 heteroatoms. The van der Waals surface area contributed by atoms with Gasteiger partial charge in [-0.15, -0.1) is 0 Å². The van der Waals surface area contributed by atoms with Crippen molar-refractivity contribution in [3.05, 3.63) is 30.1 Å². The normalized spacial score (nSPS) is 9.00. The highest BCUT2D eigenvalue weighted by Crippen LogP contribution is 1.93. The summed E-state index contributed by atoms with van der Waals surface area (Å²) in [5.74, 6) is 5.94. The van der Waals surface area contributed by atoms with Crippen LogP contribution in [0.4, 0.5) is 0 Å². The van der Waals surface area contributed by atoms with Gasteiger partial charge in [0.25, 0.3) is 0 Å². The molecule has 0 spiro atoms. The first-order valence-electron chi connectivity index (χ1n) is 4.35. The Kier molecular flexibility index (Phi) is 4.66. The summed E-state index contributed by atoms with van der Waals surface area (Å²) in [6.45, 7) is 0.250. The van der Waals surface area contributed by atoms with Crippen molar-refractivity contribution in [2.75, 3.05) is 6.61 Å². The highest BCUT2D eigenvalue weighted by molar-refractivity contribution is 5.26. The van der Waals surface area contributed by atoms with E-state index >= 15 is 0 Å². The van der Waals surface area contributed by atoms with Gasteiger partial charge < -0.3 is 5.11 Å². The second-order valence-corrected chi connectivity index (χ2v) is 2.63. The van der Waals surface area contributed by atoms with Gasteiger partial charge in [0.1, 0.15) is 5.69 Å². The smallest absolute Gasteiger partial charge is 0.113 e. The average Bonchev–Trinajstić information content (AvgIpc) is 2.19. The zero-order valence-corrected chi connectivity index (χ0v) is 7.45. The van der Waals surface area contributed by atoms with Crippen molar-refractivity contribution < 1.29 is 5.11 Å². The van der Waals surface area contributed by atoms with Gasteiger partial charge in [0.05, 0.1) is 0 Å². The minimum atomic E-state index is 0.250. The fourth-order valence-electron chi connectivity index (χ4n) is 0.872. The van der Waals surface area contributed by atoms with E-state index in [1.807, 2.05) is 6.07 Å². The first kappa shape index (κ1) is 9.76. The third-order valence-corrected chi connectivity index (χ3v) is 1.54. The van der Waals surface area contributed by atoms with E-state index in [1.54, 1.807) is 12.3 Å². The molecular weight excluding hydrogens is 162 g/mol. The molecule has 1 heterocycles. The van der Waals surface area contributed by atoms with E-state index in [2.05, 4.69) is 22.9 Å². The Morgan fingerprint density at radius 1 is 1.46 bits per heavy atom. The maximum absolute atomic E-state index is 8.52. The summed E-state index contributed by atoms with van der Waals surface area (Å²) in [6.07, 6.45) is 4.20. The largest absolute Gasteiger partial charge is 0.396 e. The van der Waals surface area contributed by atoms with Crippen LogP contribution in [0.25, 0.3) is 0 Å². The van der Waals surface area contributed by atoms with Crippen LogP contribution in [-0.2, 0) is 0 Å². The van der Waals surface area contributed by atoms with E-state index in [-0.39, 0.29) is 6.61 Å². The first-order valence-corrected chi connectivity index (χ1v) is 4.35. The molecule has 0 saturated carbocycles. The van der Waals surface area contributed by atoms with Gasteiger partial charge in [0.2, 0.25) is 0 Å². The van der Waals surface area contributed by atoms with Crippen molar-refractivity contribution >= 4 is 0 Å². The van der Waals surface area contributed by atoms with Gasteiger partial charge in [-0.3, -0.25) is 0 Å². The van der Waals surface area contributed by atoms with E-state index in [4.69, 9.17) is 5.11 Å². The van der Waals surface area contributed by atoms with Crippen molar-refractivity contribution in [1.29, 1.82) is 0 Å². The third-order valence-electron chi connectivity index (χ3n) is 1.54. The van der Waals surface area contributed by atoms with Crippen molar-refractivity contribution in [3.8, 4) is 11.8 Å². The van der Waals surface area contributed by atoms with Crippen LogP contribution in [0.5, 0.6) is 0 Å². The summed E-state index contributed by atoms with van der Waals surface area (Å²) in [5, 5.41) is 8.52. The molecule has 0 bridgehead atoms. The second-order valence-electron chi connectivity index (χ2n) is 2.63. The van der Waals surface area contributed by atoms with Crippen LogP contribution in [-0.4, -0.2) is 16.7 Å². The predicted octanol–water partition coefficient (Wildman–Crippen LogP) is 1.40. The van der Waals surface area contributed by atoms with Crippen LogP contribution >= 0.6 is 0 Å². The van der Waals surface area contributed by atoms with Crippen molar-refractivity contribution in [1.82, 2.24) is 4.98 Å². The number of hydrogen-bond donors (Lipinski definition) is 1.